The van der Waals surface area contributed by atoms with Gasteiger partial charge in [0.05, 0.1) is 6.61 Å². The van der Waals surface area contributed by atoms with Gasteiger partial charge in [0, 0.05) is 6.42 Å². The van der Waals surface area contributed by atoms with Gasteiger partial charge in [-0.1, -0.05) is 84.5 Å². The lowest BCUT2D eigenvalue weighted by Crippen LogP contribution is -2.22. The van der Waals surface area contributed by atoms with Gasteiger partial charge in [-0.15, -0.1) is 0 Å². The van der Waals surface area contributed by atoms with Gasteiger partial charge in [-0.05, 0) is 6.42 Å². The standard InChI is InChI=1S/C17H35NO2/c1-3-5-6-7-8-9-10-11-12-13-14-15-16-20-18-17(19)4-2/h3-16H2,1-2H3,(H,18,19). The molecule has 0 unspecified atom stereocenters. The maximum Gasteiger partial charge on any atom is 0.243 e. The fraction of sp³-hybridized carbons (Fsp3) is 0.941. The highest BCUT2D eigenvalue weighted by Gasteiger charge is 1.96. The normalized spacial score (nSPS) is 10.7. The molecule has 0 aliphatic rings. The Hall–Kier alpha value is -0.570. The summed E-state index contributed by atoms with van der Waals surface area (Å²) in [5.74, 6) is -0.0380. The first-order valence-electron chi connectivity index (χ1n) is 8.71. The Bertz CT molecular complexity index is 207. The number of hydrogen-bond acceptors (Lipinski definition) is 2. The number of carbonyl (C=O) groups excluding carboxylic acids is 1. The molecule has 120 valence electrons. The summed E-state index contributed by atoms with van der Waals surface area (Å²) in [6.45, 7) is 4.73. The Morgan fingerprint density at radius 3 is 1.65 bits per heavy atom. The van der Waals surface area contributed by atoms with Crippen LogP contribution >= 0.6 is 0 Å². The van der Waals surface area contributed by atoms with Crippen LogP contribution in [-0.2, 0) is 9.63 Å². The summed E-state index contributed by atoms with van der Waals surface area (Å²) in [4.78, 5) is 16.0. The molecule has 0 fully saturated rings. The number of amides is 1. The van der Waals surface area contributed by atoms with Crippen molar-refractivity contribution in [3.05, 3.63) is 0 Å². The lowest BCUT2D eigenvalue weighted by molar-refractivity contribution is -0.133. The number of hydroxylamine groups is 1. The lowest BCUT2D eigenvalue weighted by Gasteiger charge is -2.04. The summed E-state index contributed by atoms with van der Waals surface area (Å²) >= 11 is 0. The molecular weight excluding hydrogens is 250 g/mol. The van der Waals surface area contributed by atoms with Gasteiger partial charge in [0.15, 0.2) is 0 Å². The van der Waals surface area contributed by atoms with Gasteiger partial charge >= 0.3 is 0 Å². The average molecular weight is 285 g/mol. The smallest absolute Gasteiger partial charge is 0.243 e. The van der Waals surface area contributed by atoms with Crippen molar-refractivity contribution in [1.29, 1.82) is 0 Å². The van der Waals surface area contributed by atoms with Crippen LogP contribution in [0.2, 0.25) is 0 Å². The molecule has 0 aromatic heterocycles. The van der Waals surface area contributed by atoms with Gasteiger partial charge in [0.2, 0.25) is 5.91 Å². The van der Waals surface area contributed by atoms with Crippen molar-refractivity contribution in [2.24, 2.45) is 0 Å². The predicted octanol–water partition coefficient (Wildman–Crippen LogP) is 5.15. The first kappa shape index (κ1) is 19.4. The molecule has 0 bridgehead atoms. The Morgan fingerprint density at radius 1 is 0.750 bits per heavy atom. The molecule has 0 aliphatic heterocycles. The molecule has 0 radical (unpaired) electrons. The van der Waals surface area contributed by atoms with E-state index in [0.29, 0.717) is 13.0 Å². The van der Waals surface area contributed by atoms with Crippen LogP contribution in [0.4, 0.5) is 0 Å². The zero-order valence-corrected chi connectivity index (χ0v) is 13.7. The van der Waals surface area contributed by atoms with Crippen LogP contribution in [0, 0.1) is 0 Å². The Balaban J connectivity index is 2.97. The van der Waals surface area contributed by atoms with Crippen molar-refractivity contribution in [1.82, 2.24) is 5.48 Å². The van der Waals surface area contributed by atoms with Gasteiger partial charge in [-0.25, -0.2) is 5.48 Å². The molecule has 0 spiro atoms. The second kappa shape index (κ2) is 16.5. The van der Waals surface area contributed by atoms with Gasteiger partial charge in [-0.2, -0.15) is 0 Å². The Morgan fingerprint density at radius 2 is 1.20 bits per heavy atom. The number of carbonyl (C=O) groups is 1. The molecule has 3 heteroatoms. The minimum absolute atomic E-state index is 0.0380. The van der Waals surface area contributed by atoms with Crippen LogP contribution in [0.1, 0.15) is 97.3 Å². The average Bonchev–Trinajstić information content (AvgIpc) is 2.47. The molecule has 0 saturated carbocycles. The summed E-state index contributed by atoms with van der Waals surface area (Å²) in [7, 11) is 0. The van der Waals surface area contributed by atoms with E-state index in [-0.39, 0.29) is 5.91 Å². The van der Waals surface area contributed by atoms with Crippen molar-refractivity contribution in [2.75, 3.05) is 6.61 Å². The van der Waals surface area contributed by atoms with Crippen molar-refractivity contribution >= 4 is 5.91 Å². The Labute approximate surface area is 125 Å². The van der Waals surface area contributed by atoms with Crippen LogP contribution in [0.15, 0.2) is 0 Å². The molecule has 3 nitrogen and oxygen atoms in total. The van der Waals surface area contributed by atoms with Crippen LogP contribution in [-0.4, -0.2) is 12.5 Å². The SMILES string of the molecule is CCCCCCCCCCCCCCONC(=O)CC. The second-order valence-corrected chi connectivity index (χ2v) is 5.62. The number of nitrogens with one attached hydrogen (secondary N) is 1. The zero-order chi connectivity index (χ0) is 14.9. The van der Waals surface area contributed by atoms with Gasteiger partial charge < -0.3 is 0 Å². The fourth-order valence-electron chi connectivity index (χ4n) is 2.22. The topological polar surface area (TPSA) is 38.3 Å². The van der Waals surface area contributed by atoms with E-state index in [1.165, 1.54) is 70.6 Å². The molecule has 20 heavy (non-hydrogen) atoms. The third-order valence-electron chi connectivity index (χ3n) is 3.61. The van der Waals surface area contributed by atoms with Crippen molar-refractivity contribution in [2.45, 2.75) is 97.3 Å². The molecule has 0 heterocycles. The van der Waals surface area contributed by atoms with E-state index in [1.54, 1.807) is 0 Å². The highest BCUT2D eigenvalue weighted by atomic mass is 16.6. The van der Waals surface area contributed by atoms with E-state index in [1.807, 2.05) is 6.92 Å². The van der Waals surface area contributed by atoms with Crippen LogP contribution in [0.5, 0.6) is 0 Å². The number of rotatable bonds is 15. The fourth-order valence-corrected chi connectivity index (χ4v) is 2.22. The second-order valence-electron chi connectivity index (χ2n) is 5.62. The molecular formula is C17H35NO2. The number of hydrogen-bond donors (Lipinski definition) is 1. The van der Waals surface area contributed by atoms with Crippen LogP contribution in [0.25, 0.3) is 0 Å². The first-order valence-corrected chi connectivity index (χ1v) is 8.71. The summed E-state index contributed by atoms with van der Waals surface area (Å²) < 4.78 is 0. The van der Waals surface area contributed by atoms with E-state index in [0.717, 1.165) is 6.42 Å². The highest BCUT2D eigenvalue weighted by Crippen LogP contribution is 2.11. The predicted molar refractivity (Wildman–Crippen MR) is 85.5 cm³/mol. The molecule has 0 rings (SSSR count). The Kier molecular flexibility index (Phi) is 16.0. The molecule has 0 aromatic carbocycles. The first-order chi connectivity index (χ1) is 9.81. The van der Waals surface area contributed by atoms with Crippen LogP contribution in [0.3, 0.4) is 0 Å². The van der Waals surface area contributed by atoms with E-state index in [2.05, 4.69) is 12.4 Å². The molecule has 0 saturated heterocycles. The van der Waals surface area contributed by atoms with Gasteiger partial charge in [0.25, 0.3) is 0 Å². The third-order valence-corrected chi connectivity index (χ3v) is 3.61. The molecule has 1 N–H and O–H groups in total. The summed E-state index contributed by atoms with van der Waals surface area (Å²) in [5.41, 5.74) is 2.43. The van der Waals surface area contributed by atoms with Crippen molar-refractivity contribution < 1.29 is 9.63 Å². The molecule has 0 aromatic rings. The molecule has 1 amide bonds. The van der Waals surface area contributed by atoms with E-state index in [9.17, 15) is 4.79 Å². The van der Waals surface area contributed by atoms with Crippen LogP contribution < -0.4 is 5.48 Å². The van der Waals surface area contributed by atoms with E-state index in [4.69, 9.17) is 4.84 Å². The minimum atomic E-state index is -0.0380. The summed E-state index contributed by atoms with van der Waals surface area (Å²) in [6, 6.07) is 0. The number of unbranched alkanes of at least 4 members (excludes halogenated alkanes) is 11. The van der Waals surface area contributed by atoms with Crippen molar-refractivity contribution in [3.8, 4) is 0 Å². The van der Waals surface area contributed by atoms with Gasteiger partial charge in [-0.3, -0.25) is 9.63 Å². The maximum atomic E-state index is 10.9. The van der Waals surface area contributed by atoms with E-state index < -0.39 is 0 Å². The maximum absolute atomic E-state index is 10.9. The molecule has 0 atom stereocenters. The third kappa shape index (κ3) is 15.5. The largest absolute Gasteiger partial charge is 0.274 e. The minimum Gasteiger partial charge on any atom is -0.274 e. The van der Waals surface area contributed by atoms with Gasteiger partial charge in [0.1, 0.15) is 0 Å². The van der Waals surface area contributed by atoms with Crippen molar-refractivity contribution in [3.63, 3.8) is 0 Å². The lowest BCUT2D eigenvalue weighted by atomic mass is 10.1. The monoisotopic (exact) mass is 285 g/mol. The zero-order valence-electron chi connectivity index (χ0n) is 13.7. The van der Waals surface area contributed by atoms with E-state index >= 15 is 0 Å². The summed E-state index contributed by atoms with van der Waals surface area (Å²) in [5, 5.41) is 0. The highest BCUT2D eigenvalue weighted by molar-refractivity contribution is 5.74. The molecule has 0 aliphatic carbocycles. The quantitative estimate of drug-likeness (QED) is 0.334. The summed E-state index contributed by atoms with van der Waals surface area (Å²) in [6.07, 6.45) is 16.6.